The van der Waals surface area contributed by atoms with E-state index in [1.165, 1.54) is 0 Å². The van der Waals surface area contributed by atoms with E-state index < -0.39 is 11.9 Å². The molecule has 0 radical (unpaired) electrons. The van der Waals surface area contributed by atoms with E-state index in [0.717, 1.165) is 16.7 Å². The Balaban J connectivity index is 2.59. The molecule has 0 amide bonds. The molecule has 0 aliphatic rings. The lowest BCUT2D eigenvalue weighted by molar-refractivity contribution is -0.137. The lowest BCUT2D eigenvalue weighted by Gasteiger charge is -2.18. The topological polar surface area (TPSA) is 63.3 Å². The fourth-order valence-electron chi connectivity index (χ4n) is 2.36. The van der Waals surface area contributed by atoms with E-state index in [2.05, 4.69) is 0 Å². The zero-order chi connectivity index (χ0) is 14.0. The number of hydrogen-bond donors (Lipinski definition) is 2. The summed E-state index contributed by atoms with van der Waals surface area (Å²) in [6, 6.07) is 12.9. The van der Waals surface area contributed by atoms with Gasteiger partial charge in [-0.25, -0.2) is 0 Å². The average Bonchev–Trinajstić information content (AvgIpc) is 2.34. The van der Waals surface area contributed by atoms with Crippen LogP contribution in [0.5, 0.6) is 0 Å². The number of carboxylic acid groups (broad SMARTS) is 1. The predicted molar refractivity (Wildman–Crippen MR) is 76.2 cm³/mol. The normalized spacial score (nSPS) is 12.1. The molecule has 1 atom stereocenters. The third-order valence-electron chi connectivity index (χ3n) is 3.29. The smallest absolute Gasteiger partial charge is 0.315 e. The van der Waals surface area contributed by atoms with Crippen LogP contribution in [0.25, 0.3) is 0 Å². The summed E-state index contributed by atoms with van der Waals surface area (Å²) in [6.45, 7) is 3.92. The first kappa shape index (κ1) is 13.1. The van der Waals surface area contributed by atoms with Crippen LogP contribution >= 0.6 is 0 Å². The van der Waals surface area contributed by atoms with Gasteiger partial charge in [-0.2, -0.15) is 0 Å². The molecule has 0 heterocycles. The minimum Gasteiger partial charge on any atom is -0.481 e. The van der Waals surface area contributed by atoms with Gasteiger partial charge >= 0.3 is 5.97 Å². The monoisotopic (exact) mass is 255 g/mol. The molecule has 3 nitrogen and oxygen atoms in total. The van der Waals surface area contributed by atoms with Crippen LogP contribution in [0, 0.1) is 13.8 Å². The SMILES string of the molecule is Cc1ccc(C(C(=O)O)c2ccccc2N)c(C)c1. The molecule has 0 saturated heterocycles. The first-order valence-electron chi connectivity index (χ1n) is 6.15. The standard InChI is InChI=1S/C16H17NO2/c1-10-7-8-12(11(2)9-10)15(16(18)19)13-5-3-4-6-14(13)17/h3-9,15H,17H2,1-2H3,(H,18,19). The molecule has 98 valence electrons. The second-order valence-electron chi connectivity index (χ2n) is 4.76. The van der Waals surface area contributed by atoms with Gasteiger partial charge in [-0.3, -0.25) is 4.79 Å². The Bertz CT molecular complexity index is 620. The van der Waals surface area contributed by atoms with Crippen molar-refractivity contribution >= 4 is 11.7 Å². The van der Waals surface area contributed by atoms with Gasteiger partial charge in [0.1, 0.15) is 5.92 Å². The molecule has 19 heavy (non-hydrogen) atoms. The van der Waals surface area contributed by atoms with E-state index in [1.807, 2.05) is 38.1 Å². The van der Waals surface area contributed by atoms with Crippen molar-refractivity contribution in [2.24, 2.45) is 0 Å². The summed E-state index contributed by atoms with van der Waals surface area (Å²) >= 11 is 0. The Morgan fingerprint density at radius 1 is 1.11 bits per heavy atom. The number of carboxylic acids is 1. The summed E-state index contributed by atoms with van der Waals surface area (Å²) in [5, 5.41) is 9.54. The molecule has 2 rings (SSSR count). The molecule has 3 heteroatoms. The largest absolute Gasteiger partial charge is 0.481 e. The zero-order valence-corrected chi connectivity index (χ0v) is 11.1. The van der Waals surface area contributed by atoms with Crippen molar-refractivity contribution in [2.75, 3.05) is 5.73 Å². The summed E-state index contributed by atoms with van der Waals surface area (Å²) in [4.78, 5) is 11.6. The summed E-state index contributed by atoms with van der Waals surface area (Å²) < 4.78 is 0. The van der Waals surface area contributed by atoms with Crippen LogP contribution in [-0.2, 0) is 4.79 Å². The van der Waals surface area contributed by atoms with E-state index in [9.17, 15) is 9.90 Å². The second-order valence-corrected chi connectivity index (χ2v) is 4.76. The Kier molecular flexibility index (Phi) is 3.56. The number of rotatable bonds is 3. The van der Waals surface area contributed by atoms with E-state index in [0.29, 0.717) is 11.3 Å². The van der Waals surface area contributed by atoms with Crippen LogP contribution in [0.3, 0.4) is 0 Å². The van der Waals surface area contributed by atoms with Gasteiger partial charge in [0.2, 0.25) is 0 Å². The molecule has 2 aromatic carbocycles. The minimum absolute atomic E-state index is 0.509. The Morgan fingerprint density at radius 3 is 2.37 bits per heavy atom. The number of para-hydroxylation sites is 1. The molecular weight excluding hydrogens is 238 g/mol. The Labute approximate surface area is 112 Å². The number of carbonyl (C=O) groups is 1. The van der Waals surface area contributed by atoms with E-state index in [1.54, 1.807) is 18.2 Å². The molecule has 0 aromatic heterocycles. The molecule has 0 aliphatic heterocycles. The number of benzene rings is 2. The highest BCUT2D eigenvalue weighted by Gasteiger charge is 2.25. The van der Waals surface area contributed by atoms with Crippen LogP contribution in [0.15, 0.2) is 42.5 Å². The van der Waals surface area contributed by atoms with Crippen molar-refractivity contribution < 1.29 is 9.90 Å². The van der Waals surface area contributed by atoms with E-state index in [4.69, 9.17) is 5.73 Å². The number of aryl methyl sites for hydroxylation is 2. The Hall–Kier alpha value is -2.29. The molecule has 0 bridgehead atoms. The van der Waals surface area contributed by atoms with Gasteiger partial charge in [0, 0.05) is 5.69 Å². The first-order valence-corrected chi connectivity index (χ1v) is 6.15. The van der Waals surface area contributed by atoms with Crippen LogP contribution < -0.4 is 5.73 Å². The fraction of sp³-hybridized carbons (Fsp3) is 0.188. The summed E-state index contributed by atoms with van der Waals surface area (Å²) in [7, 11) is 0. The third-order valence-corrected chi connectivity index (χ3v) is 3.29. The highest BCUT2D eigenvalue weighted by molar-refractivity contribution is 5.83. The van der Waals surface area contributed by atoms with Crippen LogP contribution in [0.2, 0.25) is 0 Å². The first-order chi connectivity index (χ1) is 9.00. The van der Waals surface area contributed by atoms with Crippen LogP contribution in [0.1, 0.15) is 28.2 Å². The molecule has 3 N–H and O–H groups in total. The minimum atomic E-state index is -0.884. The lowest BCUT2D eigenvalue weighted by Crippen LogP contribution is -2.16. The summed E-state index contributed by atoms with van der Waals surface area (Å²) in [6.07, 6.45) is 0. The number of aliphatic carboxylic acids is 1. The van der Waals surface area contributed by atoms with Gasteiger partial charge in [0.05, 0.1) is 0 Å². The van der Waals surface area contributed by atoms with Crippen molar-refractivity contribution in [3.8, 4) is 0 Å². The van der Waals surface area contributed by atoms with Gasteiger partial charge in [0.25, 0.3) is 0 Å². The van der Waals surface area contributed by atoms with E-state index in [-0.39, 0.29) is 0 Å². The van der Waals surface area contributed by atoms with Crippen molar-refractivity contribution in [1.29, 1.82) is 0 Å². The summed E-state index contributed by atoms with van der Waals surface area (Å²) in [5.41, 5.74) is 9.94. The quantitative estimate of drug-likeness (QED) is 0.828. The van der Waals surface area contributed by atoms with Gasteiger partial charge < -0.3 is 10.8 Å². The zero-order valence-electron chi connectivity index (χ0n) is 11.1. The van der Waals surface area contributed by atoms with Gasteiger partial charge in [-0.05, 0) is 36.6 Å². The van der Waals surface area contributed by atoms with Crippen molar-refractivity contribution in [3.63, 3.8) is 0 Å². The molecule has 0 aliphatic carbocycles. The molecule has 0 fully saturated rings. The van der Waals surface area contributed by atoms with Crippen molar-refractivity contribution in [3.05, 3.63) is 64.7 Å². The highest BCUT2D eigenvalue weighted by Crippen LogP contribution is 2.31. The van der Waals surface area contributed by atoms with Gasteiger partial charge in [0.15, 0.2) is 0 Å². The van der Waals surface area contributed by atoms with E-state index >= 15 is 0 Å². The van der Waals surface area contributed by atoms with Gasteiger partial charge in [-0.1, -0.05) is 42.0 Å². The van der Waals surface area contributed by atoms with Crippen molar-refractivity contribution in [2.45, 2.75) is 19.8 Å². The van der Waals surface area contributed by atoms with Gasteiger partial charge in [-0.15, -0.1) is 0 Å². The maximum absolute atomic E-state index is 11.6. The molecule has 1 unspecified atom stereocenters. The molecule has 2 aromatic rings. The maximum atomic E-state index is 11.6. The molecular formula is C16H17NO2. The summed E-state index contributed by atoms with van der Waals surface area (Å²) in [5.74, 6) is -1.60. The van der Waals surface area contributed by atoms with Crippen molar-refractivity contribution in [1.82, 2.24) is 0 Å². The average molecular weight is 255 g/mol. The molecule has 0 spiro atoms. The number of nitrogens with two attached hydrogens (primary N) is 1. The number of nitrogen functional groups attached to an aromatic ring is 1. The fourth-order valence-corrected chi connectivity index (χ4v) is 2.36. The maximum Gasteiger partial charge on any atom is 0.315 e. The second kappa shape index (κ2) is 5.14. The number of hydrogen-bond acceptors (Lipinski definition) is 2. The molecule has 0 saturated carbocycles. The Morgan fingerprint density at radius 2 is 1.79 bits per heavy atom. The number of anilines is 1. The predicted octanol–water partition coefficient (Wildman–Crippen LogP) is 3.10. The third kappa shape index (κ3) is 2.60. The van der Waals surface area contributed by atoms with Crippen LogP contribution in [-0.4, -0.2) is 11.1 Å². The highest BCUT2D eigenvalue weighted by atomic mass is 16.4. The van der Waals surface area contributed by atoms with Crippen LogP contribution in [0.4, 0.5) is 5.69 Å². The lowest BCUT2D eigenvalue weighted by atomic mass is 9.87.